The van der Waals surface area contributed by atoms with Gasteiger partial charge in [0.05, 0.1) is 12.1 Å². The van der Waals surface area contributed by atoms with Crippen LogP contribution in [0.1, 0.15) is 61.7 Å². The molecule has 6 nitrogen and oxygen atoms in total. The Hall–Kier alpha value is -2.38. The van der Waals surface area contributed by atoms with Crippen molar-refractivity contribution in [1.82, 2.24) is 9.80 Å². The maximum atomic E-state index is 13.3. The summed E-state index contributed by atoms with van der Waals surface area (Å²) in [6.07, 6.45) is -0.866. The summed E-state index contributed by atoms with van der Waals surface area (Å²) in [4.78, 5) is 29.8. The minimum Gasteiger partial charge on any atom is -0.444 e. The summed E-state index contributed by atoms with van der Waals surface area (Å²) >= 11 is 3.51. The molecule has 2 heterocycles. The predicted octanol–water partition coefficient (Wildman–Crippen LogP) is 4.91. The third-order valence-electron chi connectivity index (χ3n) is 6.58. The van der Waals surface area contributed by atoms with Crippen molar-refractivity contribution in [2.75, 3.05) is 13.1 Å². The SMILES string of the molecule is CC(C)(C)OC(=O)N1Cc2ccccc2CC1[C@@H](O)CN1CC(C)(C)c2cc(Br)ccc2C1=O. The highest BCUT2D eigenvalue weighted by molar-refractivity contribution is 9.10. The summed E-state index contributed by atoms with van der Waals surface area (Å²) in [7, 11) is 0. The smallest absolute Gasteiger partial charge is 0.410 e. The topological polar surface area (TPSA) is 70.1 Å². The van der Waals surface area contributed by atoms with E-state index in [-0.39, 0.29) is 17.9 Å². The lowest BCUT2D eigenvalue weighted by atomic mass is 9.78. The normalized spacial score (nSPS) is 20.4. The molecule has 0 bridgehead atoms. The van der Waals surface area contributed by atoms with E-state index >= 15 is 0 Å². The summed E-state index contributed by atoms with van der Waals surface area (Å²) in [5, 5.41) is 11.4. The van der Waals surface area contributed by atoms with Crippen LogP contribution in [0, 0.1) is 0 Å². The van der Waals surface area contributed by atoms with Crippen molar-refractivity contribution in [2.45, 2.75) is 70.7 Å². The van der Waals surface area contributed by atoms with Gasteiger partial charge in [0, 0.05) is 35.1 Å². The maximum Gasteiger partial charge on any atom is 0.410 e. The van der Waals surface area contributed by atoms with Crippen molar-refractivity contribution in [3.8, 4) is 0 Å². The van der Waals surface area contributed by atoms with Crippen LogP contribution >= 0.6 is 15.9 Å². The second kappa shape index (κ2) is 9.00. The number of benzene rings is 2. The van der Waals surface area contributed by atoms with Crippen LogP contribution in [0.4, 0.5) is 4.79 Å². The number of hydrogen-bond acceptors (Lipinski definition) is 4. The molecule has 7 heteroatoms. The molecule has 34 heavy (non-hydrogen) atoms. The quantitative estimate of drug-likeness (QED) is 0.614. The van der Waals surface area contributed by atoms with E-state index in [4.69, 9.17) is 4.74 Å². The molecule has 1 unspecified atom stereocenters. The zero-order valence-corrected chi connectivity index (χ0v) is 22.1. The Kier molecular flexibility index (Phi) is 6.55. The number of hydrogen-bond donors (Lipinski definition) is 1. The van der Waals surface area contributed by atoms with Gasteiger partial charge >= 0.3 is 6.09 Å². The molecule has 182 valence electrons. The van der Waals surface area contributed by atoms with Gasteiger partial charge in [-0.15, -0.1) is 0 Å². The van der Waals surface area contributed by atoms with Crippen molar-refractivity contribution in [2.24, 2.45) is 0 Å². The predicted molar refractivity (Wildman–Crippen MR) is 135 cm³/mol. The van der Waals surface area contributed by atoms with Crippen LogP contribution < -0.4 is 0 Å². The second-order valence-electron chi connectivity index (χ2n) is 11.0. The molecule has 0 radical (unpaired) electrons. The lowest BCUT2D eigenvalue weighted by molar-refractivity contribution is -0.0193. The lowest BCUT2D eigenvalue weighted by Gasteiger charge is -2.44. The first-order valence-electron chi connectivity index (χ1n) is 11.7. The number of fused-ring (bicyclic) bond motifs is 2. The Balaban J connectivity index is 1.60. The number of ether oxygens (including phenoxy) is 1. The molecule has 2 aliphatic heterocycles. The fourth-order valence-electron chi connectivity index (χ4n) is 4.97. The van der Waals surface area contributed by atoms with Gasteiger partial charge in [-0.2, -0.15) is 0 Å². The fraction of sp³-hybridized carbons (Fsp3) is 0.481. The molecule has 2 amide bonds. The highest BCUT2D eigenvalue weighted by atomic mass is 79.9. The van der Waals surface area contributed by atoms with Crippen molar-refractivity contribution < 1.29 is 19.4 Å². The zero-order valence-electron chi connectivity index (χ0n) is 20.5. The maximum absolute atomic E-state index is 13.3. The lowest BCUT2D eigenvalue weighted by Crippen LogP contribution is -2.57. The summed E-state index contributed by atoms with van der Waals surface area (Å²) in [5.74, 6) is -0.0964. The first-order chi connectivity index (χ1) is 15.9. The van der Waals surface area contributed by atoms with Crippen molar-refractivity contribution in [1.29, 1.82) is 0 Å². The highest BCUT2D eigenvalue weighted by Crippen LogP contribution is 2.36. The first kappa shape index (κ1) is 24.7. The molecule has 0 saturated heterocycles. The number of aliphatic hydroxyl groups is 1. The molecule has 0 saturated carbocycles. The number of amides is 2. The van der Waals surface area contributed by atoms with Gasteiger partial charge in [0.15, 0.2) is 0 Å². The molecule has 2 aromatic carbocycles. The van der Waals surface area contributed by atoms with E-state index in [0.29, 0.717) is 25.1 Å². The standard InChI is InChI=1S/C27H33BrN2O4/c1-26(2,3)34-25(33)30-14-18-9-7-6-8-17(18)12-22(30)23(31)15-29-16-27(4,5)21-13-19(28)10-11-20(21)24(29)32/h6-11,13,22-23,31H,12,14-16H2,1-5H3/t22?,23-/m0/s1. The number of carbonyl (C=O) groups is 2. The number of β-amino-alcohol motifs (C(OH)–C–C–N with tert-alkyl or cyclic N) is 1. The molecule has 2 atom stereocenters. The Morgan fingerprint density at radius 2 is 1.88 bits per heavy atom. The number of rotatable bonds is 3. The molecule has 0 aliphatic carbocycles. The van der Waals surface area contributed by atoms with E-state index in [2.05, 4.69) is 29.8 Å². The Bertz CT molecular complexity index is 1110. The van der Waals surface area contributed by atoms with Gasteiger partial charge in [0.25, 0.3) is 5.91 Å². The molecule has 0 spiro atoms. The van der Waals surface area contributed by atoms with Crippen molar-refractivity contribution in [3.05, 3.63) is 69.2 Å². The van der Waals surface area contributed by atoms with Crippen LogP contribution in [0.25, 0.3) is 0 Å². The molecule has 1 N–H and O–H groups in total. The second-order valence-corrected chi connectivity index (χ2v) is 11.9. The van der Waals surface area contributed by atoms with E-state index in [1.165, 1.54) is 0 Å². The van der Waals surface area contributed by atoms with Crippen LogP contribution in [-0.2, 0) is 23.1 Å². The molecule has 2 aromatic rings. The average molecular weight is 529 g/mol. The Morgan fingerprint density at radius 3 is 2.56 bits per heavy atom. The zero-order chi connectivity index (χ0) is 24.8. The van der Waals surface area contributed by atoms with Crippen molar-refractivity contribution in [3.63, 3.8) is 0 Å². The summed E-state index contributed by atoms with van der Waals surface area (Å²) in [5.41, 5.74) is 2.90. The van der Waals surface area contributed by atoms with Gasteiger partial charge < -0.3 is 14.7 Å². The van der Waals surface area contributed by atoms with Gasteiger partial charge in [-0.05, 0) is 62.1 Å². The third kappa shape index (κ3) is 5.01. The third-order valence-corrected chi connectivity index (χ3v) is 7.08. The number of halogens is 1. The van der Waals surface area contributed by atoms with Gasteiger partial charge in [-0.1, -0.05) is 54.0 Å². The van der Waals surface area contributed by atoms with Crippen LogP contribution in [0.3, 0.4) is 0 Å². The Labute approximate surface area is 210 Å². The van der Waals surface area contributed by atoms with Gasteiger partial charge in [0.2, 0.25) is 0 Å². The fourth-order valence-corrected chi connectivity index (χ4v) is 5.33. The van der Waals surface area contributed by atoms with Crippen molar-refractivity contribution >= 4 is 27.9 Å². The minimum atomic E-state index is -0.919. The molecule has 0 aromatic heterocycles. The Morgan fingerprint density at radius 1 is 1.21 bits per heavy atom. The number of nitrogens with zero attached hydrogens (tertiary/aromatic N) is 2. The number of aliphatic hydroxyl groups excluding tert-OH is 1. The summed E-state index contributed by atoms with van der Waals surface area (Å²) in [6.45, 7) is 10.7. The molecular formula is C27H33BrN2O4. The van der Waals surface area contributed by atoms with E-state index < -0.39 is 23.8 Å². The monoisotopic (exact) mass is 528 g/mol. The molecule has 2 aliphatic rings. The van der Waals surface area contributed by atoms with Crippen LogP contribution in [0.5, 0.6) is 0 Å². The van der Waals surface area contributed by atoms with Gasteiger partial charge in [0.1, 0.15) is 5.60 Å². The van der Waals surface area contributed by atoms with E-state index in [0.717, 1.165) is 21.2 Å². The molecule has 4 rings (SSSR count). The van der Waals surface area contributed by atoms with Gasteiger partial charge in [-0.25, -0.2) is 4.79 Å². The van der Waals surface area contributed by atoms with E-state index in [1.54, 1.807) is 9.80 Å². The molecular weight excluding hydrogens is 496 g/mol. The van der Waals surface area contributed by atoms with Crippen LogP contribution in [0.2, 0.25) is 0 Å². The van der Waals surface area contributed by atoms with Gasteiger partial charge in [-0.3, -0.25) is 9.69 Å². The summed E-state index contributed by atoms with van der Waals surface area (Å²) in [6, 6.07) is 13.2. The minimum absolute atomic E-state index is 0.0964. The first-order valence-corrected chi connectivity index (χ1v) is 12.5. The van der Waals surface area contributed by atoms with E-state index in [1.807, 2.05) is 63.2 Å². The average Bonchev–Trinajstić information content (AvgIpc) is 2.75. The van der Waals surface area contributed by atoms with Crippen LogP contribution in [-0.4, -0.2) is 57.7 Å². The highest BCUT2D eigenvalue weighted by Gasteiger charge is 2.41. The van der Waals surface area contributed by atoms with Crippen LogP contribution in [0.15, 0.2) is 46.9 Å². The summed E-state index contributed by atoms with van der Waals surface area (Å²) < 4.78 is 6.60. The number of carbonyl (C=O) groups excluding carboxylic acids is 2. The van der Waals surface area contributed by atoms with E-state index in [9.17, 15) is 14.7 Å². The largest absolute Gasteiger partial charge is 0.444 e. The molecule has 0 fully saturated rings.